The van der Waals surface area contributed by atoms with Gasteiger partial charge in [-0.3, -0.25) is 24.2 Å². The minimum atomic E-state index is -1.03. The number of nitrogens with two attached hydrogens (primary N) is 1. The molecule has 4 N–H and O–H groups in total. The largest absolute Gasteiger partial charge is 0.452 e. The third-order valence-electron chi connectivity index (χ3n) is 6.89. The normalized spacial score (nSPS) is 16.8. The number of carbonyl (C=O) groups excluding carboxylic acids is 4. The number of hydrogen-bond acceptors (Lipinski definition) is 6. The molecular formula is C30H40N4O5. The van der Waals surface area contributed by atoms with Gasteiger partial charge in [0.05, 0.1) is 0 Å². The van der Waals surface area contributed by atoms with Crippen LogP contribution in [0.4, 0.5) is 0 Å². The van der Waals surface area contributed by atoms with Crippen molar-refractivity contribution in [3.8, 4) is 11.1 Å². The van der Waals surface area contributed by atoms with Crippen molar-refractivity contribution in [3.05, 3.63) is 59.7 Å². The van der Waals surface area contributed by atoms with E-state index in [1.165, 1.54) is 10.6 Å². The number of benzene rings is 2. The Balaban J connectivity index is 1.52. The fraction of sp³-hybridized carbons (Fsp3) is 0.467. The fourth-order valence-corrected chi connectivity index (χ4v) is 4.52. The summed E-state index contributed by atoms with van der Waals surface area (Å²) in [5.41, 5.74) is 12.7. The molecule has 210 valence electrons. The summed E-state index contributed by atoms with van der Waals surface area (Å²) < 4.78 is 5.54. The smallest absolute Gasteiger partial charge is 0.306 e. The van der Waals surface area contributed by atoms with E-state index in [0.29, 0.717) is 25.8 Å². The zero-order valence-corrected chi connectivity index (χ0v) is 23.2. The van der Waals surface area contributed by atoms with E-state index in [9.17, 15) is 19.2 Å². The Labute approximate surface area is 230 Å². The Kier molecular flexibility index (Phi) is 10.6. The SMILES string of the molecule is CCc1cccc(-c2ccc(CCC(=O)OC(C(=O)NC(C)C(=O)N3CCCC(C(N)=O)N3)C(C)C)cc2)c1. The predicted molar refractivity (Wildman–Crippen MR) is 149 cm³/mol. The lowest BCUT2D eigenvalue weighted by molar-refractivity contribution is -0.159. The van der Waals surface area contributed by atoms with Gasteiger partial charge in [0.2, 0.25) is 5.91 Å². The van der Waals surface area contributed by atoms with E-state index in [4.69, 9.17) is 10.5 Å². The van der Waals surface area contributed by atoms with Gasteiger partial charge in [0.1, 0.15) is 12.1 Å². The second-order valence-corrected chi connectivity index (χ2v) is 10.4. The lowest BCUT2D eigenvalue weighted by Gasteiger charge is -2.34. The number of amides is 3. The molecule has 0 aromatic heterocycles. The number of aryl methyl sites for hydroxylation is 2. The average molecular weight is 537 g/mol. The van der Waals surface area contributed by atoms with Crippen LogP contribution in [0.5, 0.6) is 0 Å². The highest BCUT2D eigenvalue weighted by Crippen LogP contribution is 2.22. The Morgan fingerprint density at radius 1 is 1.05 bits per heavy atom. The van der Waals surface area contributed by atoms with Crippen LogP contribution in [0.15, 0.2) is 48.5 Å². The summed E-state index contributed by atoms with van der Waals surface area (Å²) in [7, 11) is 0. The van der Waals surface area contributed by atoms with E-state index in [1.807, 2.05) is 24.3 Å². The second-order valence-electron chi connectivity index (χ2n) is 10.4. The summed E-state index contributed by atoms with van der Waals surface area (Å²) >= 11 is 0. The summed E-state index contributed by atoms with van der Waals surface area (Å²) in [5, 5.41) is 3.96. The zero-order valence-electron chi connectivity index (χ0n) is 23.2. The standard InChI is InChI=1S/C30H40N4O5/c1-5-21-8-6-9-24(18-21)23-14-11-22(12-15-23)13-16-26(35)39-27(19(2)3)29(37)32-20(4)30(38)34-17-7-10-25(33-34)28(31)36/h6,8-9,11-12,14-15,18-20,25,27,33H,5,7,10,13,16-17H2,1-4H3,(H2,31,36)(H,32,37). The summed E-state index contributed by atoms with van der Waals surface area (Å²) in [6, 6.07) is 15.0. The molecule has 1 heterocycles. The van der Waals surface area contributed by atoms with Crippen molar-refractivity contribution in [1.29, 1.82) is 0 Å². The number of primary amides is 1. The van der Waals surface area contributed by atoms with E-state index in [2.05, 4.69) is 41.9 Å². The van der Waals surface area contributed by atoms with Gasteiger partial charge in [-0.15, -0.1) is 0 Å². The molecule has 3 unspecified atom stereocenters. The van der Waals surface area contributed by atoms with Gasteiger partial charge in [-0.25, -0.2) is 5.43 Å². The Morgan fingerprint density at radius 2 is 1.77 bits per heavy atom. The number of ether oxygens (including phenoxy) is 1. The molecule has 9 nitrogen and oxygen atoms in total. The molecule has 1 saturated heterocycles. The number of esters is 1. The number of hydrogen-bond donors (Lipinski definition) is 3. The lowest BCUT2D eigenvalue weighted by atomic mass is 10.00. The molecule has 2 aromatic rings. The molecule has 3 amide bonds. The number of rotatable bonds is 11. The van der Waals surface area contributed by atoms with Crippen LogP contribution in [0.1, 0.15) is 58.1 Å². The van der Waals surface area contributed by atoms with Crippen molar-refractivity contribution in [2.45, 2.75) is 78.0 Å². The van der Waals surface area contributed by atoms with Gasteiger partial charge >= 0.3 is 5.97 Å². The van der Waals surface area contributed by atoms with Crippen LogP contribution in [-0.4, -0.2) is 53.4 Å². The first-order chi connectivity index (χ1) is 18.6. The van der Waals surface area contributed by atoms with Gasteiger partial charge in [-0.1, -0.05) is 69.3 Å². The van der Waals surface area contributed by atoms with E-state index in [0.717, 1.165) is 23.1 Å². The van der Waals surface area contributed by atoms with Crippen LogP contribution in [0.2, 0.25) is 0 Å². The molecule has 0 spiro atoms. The molecule has 3 rings (SSSR count). The van der Waals surface area contributed by atoms with Gasteiger partial charge in [-0.2, -0.15) is 0 Å². The van der Waals surface area contributed by atoms with Crippen molar-refractivity contribution in [3.63, 3.8) is 0 Å². The quantitative estimate of drug-likeness (QED) is 0.379. The van der Waals surface area contributed by atoms with Gasteiger partial charge < -0.3 is 15.8 Å². The van der Waals surface area contributed by atoms with Crippen LogP contribution in [0, 0.1) is 5.92 Å². The molecule has 1 fully saturated rings. The molecule has 0 radical (unpaired) electrons. The highest BCUT2D eigenvalue weighted by Gasteiger charge is 2.32. The first-order valence-corrected chi connectivity index (χ1v) is 13.6. The average Bonchev–Trinajstić information content (AvgIpc) is 2.94. The zero-order chi connectivity index (χ0) is 28.5. The molecule has 0 saturated carbocycles. The molecule has 1 aliphatic heterocycles. The third kappa shape index (κ3) is 8.38. The molecular weight excluding hydrogens is 496 g/mol. The van der Waals surface area contributed by atoms with Crippen molar-refractivity contribution < 1.29 is 23.9 Å². The van der Waals surface area contributed by atoms with Crippen LogP contribution < -0.4 is 16.5 Å². The highest BCUT2D eigenvalue weighted by atomic mass is 16.5. The van der Waals surface area contributed by atoms with Crippen molar-refractivity contribution >= 4 is 23.7 Å². The van der Waals surface area contributed by atoms with E-state index in [1.54, 1.807) is 20.8 Å². The summed E-state index contributed by atoms with van der Waals surface area (Å²) in [6.07, 6.45) is 1.72. The van der Waals surface area contributed by atoms with Crippen LogP contribution >= 0.6 is 0 Å². The minimum absolute atomic E-state index is 0.127. The molecule has 2 aromatic carbocycles. The Hall–Kier alpha value is -3.72. The van der Waals surface area contributed by atoms with Gasteiger partial charge in [-0.05, 0) is 60.8 Å². The number of nitrogens with one attached hydrogen (secondary N) is 2. The summed E-state index contributed by atoms with van der Waals surface area (Å²) in [5.74, 6) is -2.24. The second kappa shape index (κ2) is 13.9. The molecule has 9 heteroatoms. The Morgan fingerprint density at radius 3 is 2.41 bits per heavy atom. The molecule has 3 atom stereocenters. The van der Waals surface area contributed by atoms with Crippen LogP contribution in [0.25, 0.3) is 11.1 Å². The number of hydrazine groups is 1. The summed E-state index contributed by atoms with van der Waals surface area (Å²) in [6.45, 7) is 7.64. The maximum Gasteiger partial charge on any atom is 0.306 e. The highest BCUT2D eigenvalue weighted by molar-refractivity contribution is 5.90. The molecule has 39 heavy (non-hydrogen) atoms. The van der Waals surface area contributed by atoms with Crippen molar-refractivity contribution in [2.75, 3.05) is 6.54 Å². The van der Waals surface area contributed by atoms with Gasteiger partial charge in [0.25, 0.3) is 11.8 Å². The third-order valence-corrected chi connectivity index (χ3v) is 6.89. The van der Waals surface area contributed by atoms with E-state index in [-0.39, 0.29) is 12.3 Å². The summed E-state index contributed by atoms with van der Waals surface area (Å²) in [4.78, 5) is 49.9. The number of nitrogens with zero attached hydrogens (tertiary/aromatic N) is 1. The van der Waals surface area contributed by atoms with Crippen LogP contribution in [0.3, 0.4) is 0 Å². The number of carbonyl (C=O) groups is 4. The first kappa shape index (κ1) is 29.8. The Bertz CT molecular complexity index is 1160. The lowest BCUT2D eigenvalue weighted by Crippen LogP contribution is -2.60. The van der Waals surface area contributed by atoms with Gasteiger partial charge in [0.15, 0.2) is 6.10 Å². The van der Waals surface area contributed by atoms with Crippen LogP contribution in [-0.2, 0) is 36.8 Å². The van der Waals surface area contributed by atoms with Crippen molar-refractivity contribution in [2.24, 2.45) is 11.7 Å². The van der Waals surface area contributed by atoms with E-state index < -0.39 is 41.9 Å². The molecule has 0 bridgehead atoms. The maximum atomic E-state index is 12.9. The monoisotopic (exact) mass is 536 g/mol. The topological polar surface area (TPSA) is 131 Å². The van der Waals surface area contributed by atoms with E-state index >= 15 is 0 Å². The first-order valence-electron chi connectivity index (χ1n) is 13.6. The van der Waals surface area contributed by atoms with Gasteiger partial charge in [0, 0.05) is 13.0 Å². The fourth-order valence-electron chi connectivity index (χ4n) is 4.52. The molecule has 1 aliphatic rings. The maximum absolute atomic E-state index is 12.9. The molecule has 0 aliphatic carbocycles. The minimum Gasteiger partial charge on any atom is -0.452 e. The predicted octanol–water partition coefficient (Wildman–Crippen LogP) is 2.90. The van der Waals surface area contributed by atoms with Crippen molar-refractivity contribution in [1.82, 2.24) is 15.8 Å².